The monoisotopic (exact) mass is 379 g/mol. The molecule has 150 valence electrons. The Morgan fingerprint density at radius 3 is 2.56 bits per heavy atom. The molecule has 4 unspecified atom stereocenters. The molecule has 4 atom stereocenters. The highest BCUT2D eigenvalue weighted by Crippen LogP contribution is 2.27. The van der Waals surface area contributed by atoms with E-state index in [4.69, 9.17) is 9.47 Å². The van der Waals surface area contributed by atoms with Gasteiger partial charge in [-0.15, -0.1) is 0 Å². The van der Waals surface area contributed by atoms with E-state index in [1.165, 1.54) is 12.8 Å². The second-order valence-electron chi connectivity index (χ2n) is 6.97. The highest BCUT2D eigenvalue weighted by molar-refractivity contribution is 5.77. The van der Waals surface area contributed by atoms with Crippen molar-refractivity contribution >= 4 is 11.6 Å². The third-order valence-electron chi connectivity index (χ3n) is 5.27. The van der Waals surface area contributed by atoms with Crippen molar-refractivity contribution in [1.29, 1.82) is 0 Å². The third-order valence-corrected chi connectivity index (χ3v) is 5.27. The summed E-state index contributed by atoms with van der Waals surface area (Å²) in [5, 5.41) is 22.9. The van der Waals surface area contributed by atoms with Gasteiger partial charge in [0.2, 0.25) is 5.91 Å². The number of anilines is 1. The lowest BCUT2D eigenvalue weighted by atomic mass is 10.0. The summed E-state index contributed by atoms with van der Waals surface area (Å²) in [4.78, 5) is 16.2. The van der Waals surface area contributed by atoms with E-state index in [1.807, 2.05) is 18.2 Å². The minimum Gasteiger partial charge on any atom is -0.394 e. The van der Waals surface area contributed by atoms with E-state index in [9.17, 15) is 15.0 Å². The smallest absolute Gasteiger partial charge is 0.246 e. The van der Waals surface area contributed by atoms with Gasteiger partial charge in [-0.05, 0) is 12.1 Å². The number of carbonyl (C=O) groups excluding carboxylic acids is 1. The maximum Gasteiger partial charge on any atom is 0.246 e. The molecule has 2 heterocycles. The molecule has 2 fully saturated rings. The Labute approximate surface area is 159 Å². The summed E-state index contributed by atoms with van der Waals surface area (Å²) in [7, 11) is 1.46. The van der Waals surface area contributed by atoms with Gasteiger partial charge in [-0.3, -0.25) is 9.69 Å². The van der Waals surface area contributed by atoms with E-state index in [1.54, 1.807) is 0 Å². The number of carbonyl (C=O) groups is 1. The van der Waals surface area contributed by atoms with Crippen LogP contribution in [0.3, 0.4) is 0 Å². The van der Waals surface area contributed by atoms with Crippen LogP contribution in [0, 0.1) is 0 Å². The van der Waals surface area contributed by atoms with Crippen LogP contribution in [-0.2, 0) is 14.3 Å². The number of nitrogens with one attached hydrogen (secondary N) is 1. The fourth-order valence-electron chi connectivity index (χ4n) is 3.91. The van der Waals surface area contributed by atoms with Crippen molar-refractivity contribution < 1.29 is 24.5 Å². The van der Waals surface area contributed by atoms with Gasteiger partial charge < -0.3 is 29.9 Å². The lowest BCUT2D eigenvalue weighted by Gasteiger charge is -2.41. The van der Waals surface area contributed by atoms with Crippen LogP contribution in [0.25, 0.3) is 0 Å². The molecule has 0 spiro atoms. The standard InChI is InChI=1S/C19H29N3O5/c1-26-13-17(24)20-11-15-18(19(25)16(12-23)27-15)22-9-7-21(8-10-22)14-5-3-2-4-6-14/h2-6,15-16,18-19,23,25H,7-13H2,1H3,(H,20,24). The highest BCUT2D eigenvalue weighted by Gasteiger charge is 2.46. The van der Waals surface area contributed by atoms with Crippen LogP contribution in [0.4, 0.5) is 5.69 Å². The first kappa shape index (κ1) is 20.0. The van der Waals surface area contributed by atoms with Crippen LogP contribution in [0.1, 0.15) is 0 Å². The van der Waals surface area contributed by atoms with Gasteiger partial charge >= 0.3 is 0 Å². The summed E-state index contributed by atoms with van der Waals surface area (Å²) in [6.07, 6.45) is -1.80. The molecule has 0 bridgehead atoms. The van der Waals surface area contributed by atoms with Crippen molar-refractivity contribution in [3.63, 3.8) is 0 Å². The molecular formula is C19H29N3O5. The quantitative estimate of drug-likeness (QED) is 0.563. The van der Waals surface area contributed by atoms with Gasteiger partial charge in [0.25, 0.3) is 0 Å². The first-order chi connectivity index (χ1) is 13.1. The Bertz CT molecular complexity index is 594. The Balaban J connectivity index is 1.61. The number of para-hydroxylation sites is 1. The summed E-state index contributed by atoms with van der Waals surface area (Å²) in [6.45, 7) is 3.27. The zero-order chi connectivity index (χ0) is 19.2. The predicted octanol–water partition coefficient (Wildman–Crippen LogP) is -0.940. The minimum atomic E-state index is -0.789. The highest BCUT2D eigenvalue weighted by atomic mass is 16.5. The fraction of sp³-hybridized carbons (Fsp3) is 0.632. The van der Waals surface area contributed by atoms with Crippen LogP contribution in [0.15, 0.2) is 30.3 Å². The van der Waals surface area contributed by atoms with Crippen LogP contribution in [0.2, 0.25) is 0 Å². The fourth-order valence-corrected chi connectivity index (χ4v) is 3.91. The third kappa shape index (κ3) is 4.77. The summed E-state index contributed by atoms with van der Waals surface area (Å²) >= 11 is 0. The molecule has 27 heavy (non-hydrogen) atoms. The van der Waals surface area contributed by atoms with Crippen molar-refractivity contribution in [2.24, 2.45) is 0 Å². The van der Waals surface area contributed by atoms with Crippen molar-refractivity contribution in [2.45, 2.75) is 24.4 Å². The molecule has 1 aromatic carbocycles. The van der Waals surface area contributed by atoms with Crippen LogP contribution < -0.4 is 10.2 Å². The van der Waals surface area contributed by atoms with Gasteiger partial charge in [0.1, 0.15) is 18.8 Å². The number of rotatable bonds is 7. The second kappa shape index (κ2) is 9.48. The van der Waals surface area contributed by atoms with Crippen molar-refractivity contribution in [3.05, 3.63) is 30.3 Å². The van der Waals surface area contributed by atoms with E-state index in [0.717, 1.165) is 26.2 Å². The van der Waals surface area contributed by atoms with Crippen molar-refractivity contribution in [2.75, 3.05) is 57.9 Å². The van der Waals surface area contributed by atoms with Crippen LogP contribution in [-0.4, -0.2) is 98.4 Å². The molecule has 0 aliphatic carbocycles. The molecule has 2 aliphatic heterocycles. The minimum absolute atomic E-state index is 0.0148. The van der Waals surface area contributed by atoms with Gasteiger partial charge in [0.15, 0.2) is 0 Å². The average Bonchev–Trinajstić information content (AvgIpc) is 3.03. The SMILES string of the molecule is COCC(=O)NCC1OC(CO)C(O)C1N1CCN(c2ccccc2)CC1. The Kier molecular flexibility index (Phi) is 7.03. The summed E-state index contributed by atoms with van der Waals surface area (Å²) in [5.41, 5.74) is 1.19. The molecular weight excluding hydrogens is 350 g/mol. The Morgan fingerprint density at radius 2 is 1.93 bits per heavy atom. The van der Waals surface area contributed by atoms with E-state index < -0.39 is 12.2 Å². The summed E-state index contributed by atoms with van der Waals surface area (Å²) in [5.74, 6) is -0.226. The summed E-state index contributed by atoms with van der Waals surface area (Å²) < 4.78 is 10.6. The Morgan fingerprint density at radius 1 is 1.22 bits per heavy atom. The molecule has 8 heteroatoms. The van der Waals surface area contributed by atoms with Gasteiger partial charge in [-0.25, -0.2) is 0 Å². The number of hydrogen-bond acceptors (Lipinski definition) is 7. The number of benzene rings is 1. The van der Waals surface area contributed by atoms with E-state index in [2.05, 4.69) is 27.2 Å². The number of methoxy groups -OCH3 is 1. The number of aliphatic hydroxyl groups excluding tert-OH is 2. The lowest BCUT2D eigenvalue weighted by molar-refractivity contribution is -0.125. The van der Waals surface area contributed by atoms with E-state index in [-0.39, 0.29) is 37.8 Å². The first-order valence-electron chi connectivity index (χ1n) is 9.38. The molecule has 2 aliphatic rings. The van der Waals surface area contributed by atoms with E-state index in [0.29, 0.717) is 0 Å². The van der Waals surface area contributed by atoms with Crippen molar-refractivity contribution in [3.8, 4) is 0 Å². The van der Waals surface area contributed by atoms with E-state index >= 15 is 0 Å². The molecule has 0 radical (unpaired) electrons. The first-order valence-corrected chi connectivity index (χ1v) is 9.38. The molecule has 0 saturated carbocycles. The second-order valence-corrected chi connectivity index (χ2v) is 6.97. The molecule has 1 aromatic rings. The zero-order valence-corrected chi connectivity index (χ0v) is 15.7. The number of piperazine rings is 1. The Hall–Kier alpha value is -1.71. The molecule has 1 amide bonds. The molecule has 3 N–H and O–H groups in total. The molecule has 2 saturated heterocycles. The molecule has 0 aromatic heterocycles. The number of amides is 1. The maximum absolute atomic E-state index is 11.7. The lowest BCUT2D eigenvalue weighted by Crippen LogP contribution is -2.57. The number of nitrogens with zero attached hydrogens (tertiary/aromatic N) is 2. The molecule has 3 rings (SSSR count). The summed E-state index contributed by atoms with van der Waals surface area (Å²) in [6, 6.07) is 9.99. The van der Waals surface area contributed by atoms with Gasteiger partial charge in [0, 0.05) is 45.5 Å². The number of ether oxygens (including phenoxy) is 2. The van der Waals surface area contributed by atoms with Crippen LogP contribution >= 0.6 is 0 Å². The maximum atomic E-state index is 11.7. The van der Waals surface area contributed by atoms with Gasteiger partial charge in [0.05, 0.1) is 18.8 Å². The van der Waals surface area contributed by atoms with Gasteiger partial charge in [-0.1, -0.05) is 18.2 Å². The topological polar surface area (TPSA) is 94.5 Å². The zero-order valence-electron chi connectivity index (χ0n) is 15.7. The predicted molar refractivity (Wildman–Crippen MR) is 101 cm³/mol. The van der Waals surface area contributed by atoms with Gasteiger partial charge in [-0.2, -0.15) is 0 Å². The normalized spacial score (nSPS) is 29.1. The molecule has 8 nitrogen and oxygen atoms in total. The number of aliphatic hydroxyl groups is 2. The average molecular weight is 379 g/mol. The largest absolute Gasteiger partial charge is 0.394 e. The van der Waals surface area contributed by atoms with Crippen LogP contribution in [0.5, 0.6) is 0 Å². The number of hydrogen-bond donors (Lipinski definition) is 3. The van der Waals surface area contributed by atoms with Crippen molar-refractivity contribution in [1.82, 2.24) is 10.2 Å².